The molecule has 2 heterocycles. The van der Waals surface area contributed by atoms with E-state index < -0.39 is 24.1 Å². The molecule has 3 rings (SSSR count). The maximum atomic E-state index is 14.1. The Morgan fingerprint density at radius 2 is 2.13 bits per heavy atom. The first-order valence-electron chi connectivity index (χ1n) is 6.96. The molecule has 0 aliphatic carbocycles. The van der Waals surface area contributed by atoms with Gasteiger partial charge in [0, 0.05) is 24.2 Å². The van der Waals surface area contributed by atoms with E-state index in [-0.39, 0.29) is 17.9 Å². The van der Waals surface area contributed by atoms with Gasteiger partial charge in [0.25, 0.3) is 0 Å². The lowest BCUT2D eigenvalue weighted by Gasteiger charge is -2.20. The van der Waals surface area contributed by atoms with Crippen molar-refractivity contribution in [3.8, 4) is 11.4 Å². The summed E-state index contributed by atoms with van der Waals surface area (Å²) in [5, 5.41) is 12.9. The highest BCUT2D eigenvalue weighted by Crippen LogP contribution is 2.30. The summed E-state index contributed by atoms with van der Waals surface area (Å²) in [6.07, 6.45) is -3.86. The molecule has 0 bridgehead atoms. The number of aliphatic hydroxyl groups excluding tert-OH is 1. The van der Waals surface area contributed by atoms with Crippen LogP contribution in [0.3, 0.4) is 0 Å². The first kappa shape index (κ1) is 15.9. The summed E-state index contributed by atoms with van der Waals surface area (Å²) in [4.78, 5) is 4.95. The predicted molar refractivity (Wildman–Crippen MR) is 70.3 cm³/mol. The summed E-state index contributed by atoms with van der Waals surface area (Å²) in [7, 11) is 0. The van der Waals surface area contributed by atoms with Gasteiger partial charge < -0.3 is 9.63 Å². The van der Waals surface area contributed by atoms with Gasteiger partial charge >= 0.3 is 12.1 Å². The second-order valence-corrected chi connectivity index (χ2v) is 5.32. The maximum absolute atomic E-state index is 14.1. The lowest BCUT2D eigenvalue weighted by molar-refractivity contribution is -0.159. The third-order valence-electron chi connectivity index (χ3n) is 3.68. The molecule has 0 spiro atoms. The van der Waals surface area contributed by atoms with Crippen LogP contribution in [0.4, 0.5) is 17.6 Å². The number of aliphatic hydroxyl groups is 1. The average Bonchev–Trinajstić information content (AvgIpc) is 3.10. The van der Waals surface area contributed by atoms with Gasteiger partial charge in [0.1, 0.15) is 12.0 Å². The van der Waals surface area contributed by atoms with Crippen LogP contribution in [0.15, 0.2) is 22.7 Å². The van der Waals surface area contributed by atoms with Crippen molar-refractivity contribution in [3.63, 3.8) is 0 Å². The smallest absolute Gasteiger partial charge is 0.378 e. The SMILES string of the molecule is OC1CCCN1Cc1ccc(-c2noc(C(F)(F)F)n2)cc1F. The van der Waals surface area contributed by atoms with E-state index in [4.69, 9.17) is 0 Å². The Morgan fingerprint density at radius 3 is 2.70 bits per heavy atom. The molecule has 1 aliphatic heterocycles. The van der Waals surface area contributed by atoms with Gasteiger partial charge in [-0.3, -0.25) is 4.90 Å². The molecule has 0 amide bonds. The van der Waals surface area contributed by atoms with E-state index in [0.29, 0.717) is 18.5 Å². The van der Waals surface area contributed by atoms with Crippen LogP contribution in [0, 0.1) is 5.82 Å². The lowest BCUT2D eigenvalue weighted by atomic mass is 10.1. The van der Waals surface area contributed by atoms with Crippen molar-refractivity contribution in [2.24, 2.45) is 0 Å². The Bertz CT molecular complexity index is 702. The number of hydrogen-bond donors (Lipinski definition) is 1. The number of alkyl halides is 3. The van der Waals surface area contributed by atoms with Crippen molar-refractivity contribution in [2.45, 2.75) is 31.8 Å². The van der Waals surface area contributed by atoms with Crippen molar-refractivity contribution in [3.05, 3.63) is 35.5 Å². The molecule has 1 aromatic heterocycles. The molecule has 1 N–H and O–H groups in total. The van der Waals surface area contributed by atoms with Crippen LogP contribution in [-0.2, 0) is 12.7 Å². The van der Waals surface area contributed by atoms with E-state index in [1.165, 1.54) is 12.1 Å². The van der Waals surface area contributed by atoms with Crippen LogP contribution < -0.4 is 0 Å². The third kappa shape index (κ3) is 3.35. The van der Waals surface area contributed by atoms with Gasteiger partial charge in [-0.25, -0.2) is 4.39 Å². The minimum atomic E-state index is -4.74. The van der Waals surface area contributed by atoms with Gasteiger partial charge in [0.2, 0.25) is 5.82 Å². The van der Waals surface area contributed by atoms with Gasteiger partial charge in [-0.2, -0.15) is 18.2 Å². The van der Waals surface area contributed by atoms with E-state index in [1.807, 2.05) is 0 Å². The molecular weight excluding hydrogens is 318 g/mol. The first-order valence-corrected chi connectivity index (χ1v) is 6.96. The fourth-order valence-corrected chi connectivity index (χ4v) is 2.48. The van der Waals surface area contributed by atoms with E-state index in [0.717, 1.165) is 12.5 Å². The molecule has 23 heavy (non-hydrogen) atoms. The molecule has 1 unspecified atom stereocenters. The Labute approximate surface area is 128 Å². The van der Waals surface area contributed by atoms with Crippen LogP contribution in [0.1, 0.15) is 24.3 Å². The molecule has 1 atom stereocenters. The molecular formula is C14H13F4N3O2. The normalized spacial score (nSPS) is 19.4. The standard InChI is InChI=1S/C14H13F4N3O2/c15-10-6-8(12-19-13(23-20-12)14(16,17)18)3-4-9(10)7-21-5-1-2-11(21)22/h3-4,6,11,22H,1-2,5,7H2. The Morgan fingerprint density at radius 1 is 1.35 bits per heavy atom. The van der Waals surface area contributed by atoms with E-state index >= 15 is 0 Å². The minimum absolute atomic E-state index is 0.0903. The monoisotopic (exact) mass is 331 g/mol. The molecule has 1 aromatic carbocycles. The van der Waals surface area contributed by atoms with Crippen LogP contribution in [-0.4, -0.2) is 32.9 Å². The fourth-order valence-electron chi connectivity index (χ4n) is 2.48. The Balaban J connectivity index is 1.80. The van der Waals surface area contributed by atoms with Crippen LogP contribution in [0.2, 0.25) is 0 Å². The Kier molecular flexibility index (Phi) is 4.07. The second-order valence-electron chi connectivity index (χ2n) is 5.32. The number of likely N-dealkylation sites (tertiary alicyclic amines) is 1. The van der Waals surface area contributed by atoms with Gasteiger partial charge in [0.05, 0.1) is 0 Å². The van der Waals surface area contributed by atoms with Crippen molar-refractivity contribution >= 4 is 0 Å². The van der Waals surface area contributed by atoms with Crippen LogP contribution in [0.5, 0.6) is 0 Å². The summed E-state index contributed by atoms with van der Waals surface area (Å²) < 4.78 is 55.5. The summed E-state index contributed by atoms with van der Waals surface area (Å²) in [6.45, 7) is 0.898. The van der Waals surface area contributed by atoms with E-state index in [9.17, 15) is 22.7 Å². The maximum Gasteiger partial charge on any atom is 0.471 e. The highest BCUT2D eigenvalue weighted by molar-refractivity contribution is 5.55. The molecule has 124 valence electrons. The minimum Gasteiger partial charge on any atom is -0.378 e. The van der Waals surface area contributed by atoms with Gasteiger partial charge in [0.15, 0.2) is 0 Å². The summed E-state index contributed by atoms with van der Waals surface area (Å²) in [5.41, 5.74) is 0.432. The topological polar surface area (TPSA) is 62.4 Å². The zero-order chi connectivity index (χ0) is 16.6. The molecule has 1 fully saturated rings. The zero-order valence-corrected chi connectivity index (χ0v) is 11.8. The van der Waals surface area contributed by atoms with Crippen molar-refractivity contribution in [1.29, 1.82) is 0 Å². The van der Waals surface area contributed by atoms with Gasteiger partial charge in [-0.1, -0.05) is 17.3 Å². The van der Waals surface area contributed by atoms with Crippen LogP contribution >= 0.6 is 0 Å². The van der Waals surface area contributed by atoms with Crippen LogP contribution in [0.25, 0.3) is 11.4 Å². The first-order chi connectivity index (χ1) is 10.8. The van der Waals surface area contributed by atoms with Crippen molar-refractivity contribution in [1.82, 2.24) is 15.0 Å². The highest BCUT2D eigenvalue weighted by atomic mass is 19.4. The Hall–Kier alpha value is -2.00. The number of aromatic nitrogens is 2. The third-order valence-corrected chi connectivity index (χ3v) is 3.68. The largest absolute Gasteiger partial charge is 0.471 e. The quantitative estimate of drug-likeness (QED) is 0.877. The van der Waals surface area contributed by atoms with Crippen molar-refractivity contribution < 1.29 is 27.2 Å². The summed E-state index contributed by atoms with van der Waals surface area (Å²) >= 11 is 0. The fraction of sp³-hybridized carbons (Fsp3) is 0.429. The average molecular weight is 331 g/mol. The second kappa shape index (κ2) is 5.89. The molecule has 0 saturated carbocycles. The zero-order valence-electron chi connectivity index (χ0n) is 11.8. The number of nitrogens with zero attached hydrogens (tertiary/aromatic N) is 3. The molecule has 2 aromatic rings. The molecule has 1 aliphatic rings. The van der Waals surface area contributed by atoms with Crippen molar-refractivity contribution in [2.75, 3.05) is 6.54 Å². The molecule has 9 heteroatoms. The lowest BCUT2D eigenvalue weighted by Crippen LogP contribution is -2.28. The number of rotatable bonds is 3. The number of benzene rings is 1. The summed E-state index contributed by atoms with van der Waals surface area (Å²) in [6, 6.07) is 3.92. The van der Waals surface area contributed by atoms with E-state index in [2.05, 4.69) is 14.7 Å². The molecule has 0 radical (unpaired) electrons. The summed E-state index contributed by atoms with van der Waals surface area (Å²) in [5.74, 6) is -2.40. The van der Waals surface area contributed by atoms with Gasteiger partial charge in [-0.05, 0) is 18.9 Å². The van der Waals surface area contributed by atoms with Gasteiger partial charge in [-0.15, -0.1) is 0 Å². The highest BCUT2D eigenvalue weighted by Gasteiger charge is 2.38. The van der Waals surface area contributed by atoms with E-state index in [1.54, 1.807) is 4.90 Å². The number of hydrogen-bond acceptors (Lipinski definition) is 5. The predicted octanol–water partition coefficient (Wildman–Crippen LogP) is 2.81. The molecule has 1 saturated heterocycles. The molecule has 5 nitrogen and oxygen atoms in total. The number of halogens is 4.